The van der Waals surface area contributed by atoms with Crippen molar-refractivity contribution >= 4 is 22.7 Å². The number of hydrogen-bond acceptors (Lipinski definition) is 4. The highest BCUT2D eigenvalue weighted by atomic mass is 16.2. The van der Waals surface area contributed by atoms with E-state index in [0.29, 0.717) is 12.2 Å². The lowest BCUT2D eigenvalue weighted by Gasteiger charge is -2.21. The Hall–Kier alpha value is -3.28. The number of pyridine rings is 2. The van der Waals surface area contributed by atoms with Crippen molar-refractivity contribution in [3.05, 3.63) is 72.2 Å². The summed E-state index contributed by atoms with van der Waals surface area (Å²) in [7, 11) is 0. The van der Waals surface area contributed by atoms with Gasteiger partial charge in [-0.25, -0.2) is 4.98 Å². The summed E-state index contributed by atoms with van der Waals surface area (Å²) in [5.41, 5.74) is 1.93. The minimum absolute atomic E-state index is 0.0664. The molecule has 0 saturated carbocycles. The molecule has 1 aromatic carbocycles. The quantitative estimate of drug-likeness (QED) is 0.706. The molecule has 6 nitrogen and oxygen atoms in total. The molecule has 27 heavy (non-hydrogen) atoms. The molecule has 0 aliphatic heterocycles. The summed E-state index contributed by atoms with van der Waals surface area (Å²) in [4.78, 5) is 33.6. The average Bonchev–Trinajstić information content (AvgIpc) is 2.70. The van der Waals surface area contributed by atoms with Crippen LogP contribution in [0.15, 0.2) is 60.9 Å². The fraction of sp³-hybridized carbons (Fsp3) is 0.238. The lowest BCUT2D eigenvalue weighted by atomic mass is 10.0. The maximum Gasteiger partial charge on any atom is 0.270 e. The first-order chi connectivity index (χ1) is 13.0. The van der Waals surface area contributed by atoms with E-state index in [2.05, 4.69) is 20.6 Å². The van der Waals surface area contributed by atoms with Crippen LogP contribution in [0.3, 0.4) is 0 Å². The zero-order chi connectivity index (χ0) is 19.2. The van der Waals surface area contributed by atoms with E-state index in [1.54, 1.807) is 18.5 Å². The van der Waals surface area contributed by atoms with Crippen molar-refractivity contribution in [2.24, 2.45) is 5.92 Å². The third kappa shape index (κ3) is 4.67. The van der Waals surface area contributed by atoms with Gasteiger partial charge in [0.2, 0.25) is 5.91 Å². The number of carbonyl (C=O) groups is 2. The van der Waals surface area contributed by atoms with Gasteiger partial charge in [0, 0.05) is 24.3 Å². The van der Waals surface area contributed by atoms with E-state index < -0.39 is 6.04 Å². The molecule has 138 valence electrons. The monoisotopic (exact) mass is 362 g/mol. The predicted octanol–water partition coefficient (Wildman–Crippen LogP) is 2.70. The van der Waals surface area contributed by atoms with Crippen LogP contribution in [0, 0.1) is 5.92 Å². The Morgan fingerprint density at radius 3 is 2.59 bits per heavy atom. The summed E-state index contributed by atoms with van der Waals surface area (Å²) in [6, 6.07) is 14.2. The van der Waals surface area contributed by atoms with Gasteiger partial charge in [-0.05, 0) is 29.7 Å². The van der Waals surface area contributed by atoms with E-state index in [0.717, 1.165) is 16.5 Å². The van der Waals surface area contributed by atoms with E-state index >= 15 is 0 Å². The van der Waals surface area contributed by atoms with Crippen molar-refractivity contribution in [1.29, 1.82) is 0 Å². The second kappa shape index (κ2) is 8.40. The van der Waals surface area contributed by atoms with Crippen molar-refractivity contribution < 1.29 is 9.59 Å². The van der Waals surface area contributed by atoms with Crippen molar-refractivity contribution in [2.75, 3.05) is 0 Å². The Balaban J connectivity index is 1.68. The zero-order valence-electron chi connectivity index (χ0n) is 15.3. The standard InChI is InChI=1S/C21H22N4O2/c1-14(2)19(21(27)23-13-15-6-5-11-22-12-15)25-20(26)18-10-9-16-7-3-4-8-17(16)24-18/h3-12,14,19H,13H2,1-2H3,(H,23,27)(H,25,26)/t19-/m0/s1. The minimum Gasteiger partial charge on any atom is -0.350 e. The lowest BCUT2D eigenvalue weighted by Crippen LogP contribution is -2.49. The number of carbonyl (C=O) groups excluding carboxylic acids is 2. The Morgan fingerprint density at radius 2 is 1.85 bits per heavy atom. The van der Waals surface area contributed by atoms with Gasteiger partial charge in [0.25, 0.3) is 5.91 Å². The maximum absolute atomic E-state index is 12.6. The Bertz CT molecular complexity index is 941. The van der Waals surface area contributed by atoms with E-state index in [4.69, 9.17) is 0 Å². The molecule has 0 radical (unpaired) electrons. The Morgan fingerprint density at radius 1 is 1.04 bits per heavy atom. The molecule has 6 heteroatoms. The predicted molar refractivity (Wildman–Crippen MR) is 104 cm³/mol. The van der Waals surface area contributed by atoms with Crippen LogP contribution in [0.5, 0.6) is 0 Å². The van der Waals surface area contributed by atoms with Crippen LogP contribution < -0.4 is 10.6 Å². The number of hydrogen-bond donors (Lipinski definition) is 2. The van der Waals surface area contributed by atoms with Gasteiger partial charge in [0.15, 0.2) is 0 Å². The molecule has 3 rings (SSSR count). The lowest BCUT2D eigenvalue weighted by molar-refractivity contribution is -0.124. The number of rotatable bonds is 6. The van der Waals surface area contributed by atoms with Gasteiger partial charge in [-0.2, -0.15) is 0 Å². The van der Waals surface area contributed by atoms with Gasteiger partial charge in [0.05, 0.1) is 5.52 Å². The Labute approximate surface area is 158 Å². The van der Waals surface area contributed by atoms with Gasteiger partial charge in [-0.1, -0.05) is 44.2 Å². The highest BCUT2D eigenvalue weighted by Crippen LogP contribution is 2.12. The number of para-hydroxylation sites is 1. The maximum atomic E-state index is 12.6. The van der Waals surface area contributed by atoms with Crippen LogP contribution in [0.1, 0.15) is 29.9 Å². The Kier molecular flexibility index (Phi) is 5.76. The van der Waals surface area contributed by atoms with Crippen LogP contribution >= 0.6 is 0 Å². The highest BCUT2D eigenvalue weighted by Gasteiger charge is 2.25. The van der Waals surface area contributed by atoms with E-state index in [1.165, 1.54) is 0 Å². The topological polar surface area (TPSA) is 84.0 Å². The molecule has 0 aliphatic carbocycles. The summed E-state index contributed by atoms with van der Waals surface area (Å²) in [5.74, 6) is -0.665. The molecule has 0 fully saturated rings. The first kappa shape index (κ1) is 18.5. The molecule has 2 aromatic heterocycles. The average molecular weight is 362 g/mol. The molecular formula is C21H22N4O2. The molecule has 0 bridgehead atoms. The fourth-order valence-corrected chi connectivity index (χ4v) is 2.74. The molecule has 3 aromatic rings. The third-order valence-electron chi connectivity index (χ3n) is 4.26. The second-order valence-electron chi connectivity index (χ2n) is 6.66. The first-order valence-corrected chi connectivity index (χ1v) is 8.88. The van der Waals surface area contributed by atoms with Crippen molar-refractivity contribution in [2.45, 2.75) is 26.4 Å². The van der Waals surface area contributed by atoms with Crippen molar-refractivity contribution in [3.63, 3.8) is 0 Å². The molecular weight excluding hydrogens is 340 g/mol. The summed E-state index contributed by atoms with van der Waals surface area (Å²) in [6.45, 7) is 4.14. The van der Waals surface area contributed by atoms with Crippen LogP contribution in [0.25, 0.3) is 10.9 Å². The number of fused-ring (bicyclic) bond motifs is 1. The number of nitrogens with one attached hydrogen (secondary N) is 2. The molecule has 2 N–H and O–H groups in total. The van der Waals surface area contributed by atoms with Crippen LogP contribution in [-0.4, -0.2) is 27.8 Å². The summed E-state index contributed by atoms with van der Waals surface area (Å²) in [5, 5.41) is 6.62. The molecule has 0 spiro atoms. The number of benzene rings is 1. The molecule has 0 aliphatic rings. The minimum atomic E-state index is -0.651. The first-order valence-electron chi connectivity index (χ1n) is 8.88. The second-order valence-corrected chi connectivity index (χ2v) is 6.66. The normalized spacial score (nSPS) is 12.0. The van der Waals surface area contributed by atoms with Gasteiger partial charge in [-0.15, -0.1) is 0 Å². The molecule has 1 atom stereocenters. The molecule has 2 heterocycles. The number of amides is 2. The largest absolute Gasteiger partial charge is 0.350 e. The highest BCUT2D eigenvalue weighted by molar-refractivity contribution is 5.97. The molecule has 0 saturated heterocycles. The summed E-state index contributed by atoms with van der Waals surface area (Å²) >= 11 is 0. The van der Waals surface area contributed by atoms with E-state index in [-0.39, 0.29) is 17.7 Å². The summed E-state index contributed by atoms with van der Waals surface area (Å²) in [6.07, 6.45) is 3.38. The third-order valence-corrected chi connectivity index (χ3v) is 4.26. The molecule has 2 amide bonds. The number of aromatic nitrogens is 2. The van der Waals surface area contributed by atoms with E-state index in [9.17, 15) is 9.59 Å². The smallest absolute Gasteiger partial charge is 0.270 e. The van der Waals surface area contributed by atoms with Crippen LogP contribution in [0.4, 0.5) is 0 Å². The van der Waals surface area contributed by atoms with Gasteiger partial charge < -0.3 is 10.6 Å². The van der Waals surface area contributed by atoms with Crippen LogP contribution in [0.2, 0.25) is 0 Å². The van der Waals surface area contributed by atoms with Gasteiger partial charge in [0.1, 0.15) is 11.7 Å². The van der Waals surface area contributed by atoms with Crippen molar-refractivity contribution in [1.82, 2.24) is 20.6 Å². The van der Waals surface area contributed by atoms with Gasteiger partial charge >= 0.3 is 0 Å². The SMILES string of the molecule is CC(C)[C@H](NC(=O)c1ccc2ccccc2n1)C(=O)NCc1cccnc1. The molecule has 0 unspecified atom stereocenters. The van der Waals surface area contributed by atoms with Crippen LogP contribution in [-0.2, 0) is 11.3 Å². The van der Waals surface area contributed by atoms with Gasteiger partial charge in [-0.3, -0.25) is 14.6 Å². The zero-order valence-corrected chi connectivity index (χ0v) is 15.3. The van der Waals surface area contributed by atoms with Crippen molar-refractivity contribution in [3.8, 4) is 0 Å². The number of nitrogens with zero attached hydrogens (tertiary/aromatic N) is 2. The van der Waals surface area contributed by atoms with E-state index in [1.807, 2.05) is 56.3 Å². The summed E-state index contributed by atoms with van der Waals surface area (Å²) < 4.78 is 0. The fourth-order valence-electron chi connectivity index (χ4n) is 2.74.